The summed E-state index contributed by atoms with van der Waals surface area (Å²) in [5.41, 5.74) is 0.926. The van der Waals surface area contributed by atoms with Crippen molar-refractivity contribution in [2.75, 3.05) is 45.9 Å². The zero-order chi connectivity index (χ0) is 22.3. The van der Waals surface area contributed by atoms with Crippen molar-refractivity contribution in [2.24, 2.45) is 0 Å². The molecule has 9 nitrogen and oxygen atoms in total. The van der Waals surface area contributed by atoms with E-state index in [0.717, 1.165) is 18.7 Å². The Bertz CT molecular complexity index is 967. The minimum Gasteiger partial charge on any atom is -0.468 e. The van der Waals surface area contributed by atoms with Gasteiger partial charge in [0.05, 0.1) is 24.4 Å². The van der Waals surface area contributed by atoms with Crippen LogP contribution < -0.4 is 10.6 Å². The Kier molecular flexibility index (Phi) is 7.83. The summed E-state index contributed by atoms with van der Waals surface area (Å²) in [5.74, 6) is -1.51. The van der Waals surface area contributed by atoms with Crippen molar-refractivity contribution in [1.82, 2.24) is 15.5 Å². The van der Waals surface area contributed by atoms with Gasteiger partial charge in [0.25, 0.3) is 0 Å². The molecule has 1 atom stereocenters. The first-order valence-electron chi connectivity index (χ1n) is 10.1. The van der Waals surface area contributed by atoms with E-state index in [-0.39, 0.29) is 17.2 Å². The molecule has 0 unspecified atom stereocenters. The second-order valence-electron chi connectivity index (χ2n) is 7.28. The molecular formula is C21H27N3O6S. The Morgan fingerprint density at radius 3 is 2.39 bits per heavy atom. The Labute approximate surface area is 181 Å². The molecule has 0 saturated carbocycles. The summed E-state index contributed by atoms with van der Waals surface area (Å²) < 4.78 is 36.9. The lowest BCUT2D eigenvalue weighted by molar-refractivity contribution is -0.139. The minimum atomic E-state index is -3.85. The van der Waals surface area contributed by atoms with Gasteiger partial charge in [0.2, 0.25) is 0 Å². The van der Waals surface area contributed by atoms with Crippen LogP contribution in [0.2, 0.25) is 0 Å². The van der Waals surface area contributed by atoms with Crippen LogP contribution in [0, 0.1) is 6.92 Å². The summed E-state index contributed by atoms with van der Waals surface area (Å²) in [5, 5.41) is 3.82. The van der Waals surface area contributed by atoms with Crippen molar-refractivity contribution in [1.29, 1.82) is 0 Å². The maximum absolute atomic E-state index is 13.1. The normalized spacial score (nSPS) is 15.9. The third-order valence-corrected chi connectivity index (χ3v) is 7.13. The van der Waals surface area contributed by atoms with Crippen molar-refractivity contribution in [3.63, 3.8) is 0 Å². The number of hydrogen-bond donors (Lipinski definition) is 2. The molecule has 0 spiro atoms. The molecule has 2 amide bonds. The third-order valence-electron chi connectivity index (χ3n) is 5.06. The number of aryl methyl sites for hydroxylation is 1. The maximum atomic E-state index is 13.1. The second-order valence-corrected chi connectivity index (χ2v) is 9.41. The molecule has 1 aromatic heterocycles. The molecule has 0 radical (unpaired) electrons. The number of furan rings is 1. The highest BCUT2D eigenvalue weighted by molar-refractivity contribution is 7.91. The smallest absolute Gasteiger partial charge is 0.309 e. The van der Waals surface area contributed by atoms with Crippen LogP contribution in [0.25, 0.3) is 0 Å². The highest BCUT2D eigenvalue weighted by atomic mass is 32.2. The fraction of sp³-hybridized carbons (Fsp3) is 0.429. The van der Waals surface area contributed by atoms with Crippen LogP contribution in [0.15, 0.2) is 52.0 Å². The van der Waals surface area contributed by atoms with Gasteiger partial charge in [-0.3, -0.25) is 14.5 Å². The largest absolute Gasteiger partial charge is 0.468 e. The van der Waals surface area contributed by atoms with Crippen LogP contribution in [0.3, 0.4) is 0 Å². The molecule has 168 valence electrons. The SMILES string of the molecule is Cc1ccc(S(=O)(=O)[C@@H](CNC(=O)C(=O)NCCN2CCOCC2)c2ccco2)cc1. The van der Waals surface area contributed by atoms with Crippen molar-refractivity contribution in [3.8, 4) is 0 Å². The van der Waals surface area contributed by atoms with Gasteiger partial charge in [-0.1, -0.05) is 17.7 Å². The van der Waals surface area contributed by atoms with E-state index in [1.165, 1.54) is 24.5 Å². The monoisotopic (exact) mass is 449 g/mol. The fourth-order valence-corrected chi connectivity index (χ4v) is 4.81. The number of rotatable bonds is 8. The Balaban J connectivity index is 1.59. The van der Waals surface area contributed by atoms with Gasteiger partial charge in [-0.05, 0) is 31.2 Å². The Morgan fingerprint density at radius 1 is 1.06 bits per heavy atom. The van der Waals surface area contributed by atoms with Crippen molar-refractivity contribution in [2.45, 2.75) is 17.1 Å². The topological polar surface area (TPSA) is 118 Å². The first kappa shape index (κ1) is 23.0. The van der Waals surface area contributed by atoms with Crippen molar-refractivity contribution < 1.29 is 27.2 Å². The quantitative estimate of drug-likeness (QED) is 0.569. The standard InChI is InChI=1S/C21H27N3O6S/c1-16-4-6-17(7-5-16)31(27,28)19(18-3-2-12-30-18)15-23-21(26)20(25)22-8-9-24-10-13-29-14-11-24/h2-7,12,19H,8-11,13-15H2,1H3,(H,22,25)(H,23,26)/t19-/m0/s1. The number of benzene rings is 1. The lowest BCUT2D eigenvalue weighted by Crippen LogP contribution is -2.46. The summed E-state index contributed by atoms with van der Waals surface area (Å²) in [6.07, 6.45) is 1.37. The van der Waals surface area contributed by atoms with Gasteiger partial charge in [0.15, 0.2) is 9.84 Å². The van der Waals surface area contributed by atoms with E-state index < -0.39 is 26.9 Å². The number of morpholine rings is 1. The van der Waals surface area contributed by atoms with Crippen LogP contribution in [0.4, 0.5) is 0 Å². The van der Waals surface area contributed by atoms with E-state index >= 15 is 0 Å². The number of ether oxygens (including phenoxy) is 1. The average Bonchev–Trinajstić information content (AvgIpc) is 3.29. The molecule has 1 saturated heterocycles. The number of carbonyl (C=O) groups excluding carboxylic acids is 2. The van der Waals surface area contributed by atoms with Gasteiger partial charge >= 0.3 is 11.8 Å². The van der Waals surface area contributed by atoms with E-state index in [9.17, 15) is 18.0 Å². The maximum Gasteiger partial charge on any atom is 0.309 e. The molecule has 2 N–H and O–H groups in total. The van der Waals surface area contributed by atoms with Crippen molar-refractivity contribution >= 4 is 21.7 Å². The summed E-state index contributed by atoms with van der Waals surface area (Å²) >= 11 is 0. The molecule has 31 heavy (non-hydrogen) atoms. The van der Waals surface area contributed by atoms with Crippen LogP contribution in [0.1, 0.15) is 16.6 Å². The first-order chi connectivity index (χ1) is 14.9. The molecule has 10 heteroatoms. The van der Waals surface area contributed by atoms with E-state index in [1.54, 1.807) is 18.2 Å². The van der Waals surface area contributed by atoms with E-state index in [4.69, 9.17) is 9.15 Å². The van der Waals surface area contributed by atoms with Gasteiger partial charge in [0.1, 0.15) is 11.0 Å². The molecule has 3 rings (SSSR count). The summed E-state index contributed by atoms with van der Waals surface area (Å²) in [6, 6.07) is 9.54. The number of hydrogen-bond acceptors (Lipinski definition) is 7. The molecule has 2 aromatic rings. The van der Waals surface area contributed by atoms with E-state index in [1.807, 2.05) is 6.92 Å². The number of carbonyl (C=O) groups is 2. The van der Waals surface area contributed by atoms with Crippen LogP contribution in [-0.4, -0.2) is 71.1 Å². The number of sulfone groups is 1. The molecule has 0 aliphatic carbocycles. The molecule has 1 aliphatic heterocycles. The second kappa shape index (κ2) is 10.6. The zero-order valence-electron chi connectivity index (χ0n) is 17.4. The predicted octanol–water partition coefficient (Wildman–Crippen LogP) is 0.668. The van der Waals surface area contributed by atoms with Gasteiger partial charge in [-0.15, -0.1) is 0 Å². The van der Waals surface area contributed by atoms with Gasteiger partial charge < -0.3 is 19.8 Å². The molecular weight excluding hydrogens is 422 g/mol. The average molecular weight is 450 g/mol. The molecule has 0 bridgehead atoms. The summed E-state index contributed by atoms with van der Waals surface area (Å²) in [4.78, 5) is 26.6. The van der Waals surface area contributed by atoms with E-state index in [0.29, 0.717) is 26.3 Å². The molecule has 1 aromatic carbocycles. The van der Waals surface area contributed by atoms with Gasteiger partial charge in [0, 0.05) is 32.7 Å². The first-order valence-corrected chi connectivity index (χ1v) is 11.6. The number of nitrogens with one attached hydrogen (secondary N) is 2. The highest BCUT2D eigenvalue weighted by Gasteiger charge is 2.32. The van der Waals surface area contributed by atoms with Gasteiger partial charge in [-0.2, -0.15) is 0 Å². The van der Waals surface area contributed by atoms with Crippen LogP contribution in [0.5, 0.6) is 0 Å². The minimum absolute atomic E-state index is 0.115. The molecule has 2 heterocycles. The third kappa shape index (κ3) is 6.16. The van der Waals surface area contributed by atoms with Crippen LogP contribution >= 0.6 is 0 Å². The lowest BCUT2D eigenvalue weighted by Gasteiger charge is -2.26. The van der Waals surface area contributed by atoms with Crippen molar-refractivity contribution in [3.05, 3.63) is 54.0 Å². The molecule has 1 fully saturated rings. The lowest BCUT2D eigenvalue weighted by atomic mass is 10.2. The molecule has 1 aliphatic rings. The number of amides is 2. The Morgan fingerprint density at radius 2 is 1.74 bits per heavy atom. The Hall–Kier alpha value is -2.69. The highest BCUT2D eigenvalue weighted by Crippen LogP contribution is 2.29. The van der Waals surface area contributed by atoms with Gasteiger partial charge in [-0.25, -0.2) is 8.42 Å². The van der Waals surface area contributed by atoms with Crippen LogP contribution in [-0.2, 0) is 24.2 Å². The number of nitrogens with zero attached hydrogens (tertiary/aromatic N) is 1. The summed E-state index contributed by atoms with van der Waals surface area (Å²) in [6.45, 7) is 5.36. The fourth-order valence-electron chi connectivity index (χ4n) is 3.23. The van der Waals surface area contributed by atoms with E-state index in [2.05, 4.69) is 15.5 Å². The summed E-state index contributed by atoms with van der Waals surface area (Å²) in [7, 11) is -3.85. The predicted molar refractivity (Wildman–Crippen MR) is 113 cm³/mol. The zero-order valence-corrected chi connectivity index (χ0v) is 18.2.